The second kappa shape index (κ2) is 21.8. The van der Waals surface area contributed by atoms with E-state index in [1.807, 2.05) is 0 Å². The van der Waals surface area contributed by atoms with Gasteiger partial charge in [0.25, 0.3) is 15.7 Å². The first-order valence-corrected chi connectivity index (χ1v) is 32.2. The second-order valence-corrected chi connectivity index (χ2v) is 26.3. The summed E-state index contributed by atoms with van der Waals surface area (Å²) in [5, 5.41) is 19.2. The standard InChI is InChI=1S/C53H65N10O14PS2/c54-52-59-49-42(50(66)60-52)58-53(63(49)51-45(65)48-38(75-51)29-74-78(67,68)77-48)56-20-6-2-1-5-19-55-40(64)16-4-3-7-21-57-79(69,70)32-17-18-33(39(28-32)80(71,72)73)41-36-26-30-12-8-22-61-24-10-14-34(43(30)61)46(36)76-47-35-15-11-25-62-23-9-13-31(44(35)62)27-37(41)47/h17-18,26-28,38,45,48,51,57,65H,1-16,19-25,29H2,(H6-,54,55,56,58,59,60,64,66,67,68,71,72,73)/p+1/t38-,45-,48-,51-/m1/s1. The van der Waals surface area contributed by atoms with Gasteiger partial charge in [0, 0.05) is 90.7 Å². The average molecular weight is 1160 g/mol. The first-order valence-electron chi connectivity index (χ1n) is 27.8. The fraction of sp³-hybridized carbons (Fsp3) is 0.528. The number of nitrogen functional groups attached to an aromatic ring is 1. The Morgan fingerprint density at radius 3 is 2.42 bits per heavy atom. The molecule has 1 amide bonds. The number of nitrogens with one attached hydrogen (secondary N) is 4. The maximum Gasteiger partial charge on any atom is 0.472 e. The molecule has 24 nitrogen and oxygen atoms in total. The highest BCUT2D eigenvalue weighted by atomic mass is 32.2. The number of ether oxygens (including phenoxy) is 2. The van der Waals surface area contributed by atoms with Gasteiger partial charge in [0.05, 0.1) is 17.1 Å². The number of hydrogen-bond acceptors (Lipinski definition) is 17. The van der Waals surface area contributed by atoms with Gasteiger partial charge in [-0.15, -0.1) is 0 Å². The molecule has 1 unspecified atom stereocenters. The average Bonchev–Trinajstić information content (AvgIpc) is 4.06. The molecule has 2 saturated heterocycles. The van der Waals surface area contributed by atoms with Crippen molar-refractivity contribution in [2.24, 2.45) is 0 Å². The van der Waals surface area contributed by atoms with Gasteiger partial charge < -0.3 is 40.7 Å². The van der Waals surface area contributed by atoms with E-state index in [1.165, 1.54) is 38.9 Å². The van der Waals surface area contributed by atoms with Crippen molar-refractivity contribution in [1.82, 2.24) is 34.1 Å². The molecule has 0 saturated carbocycles. The molecule has 0 bridgehead atoms. The molecule has 7 aliphatic heterocycles. The van der Waals surface area contributed by atoms with Crippen molar-refractivity contribution in [2.45, 2.75) is 137 Å². The molecule has 5 aromatic rings. The summed E-state index contributed by atoms with van der Waals surface area (Å²) in [7, 11) is -13.6. The van der Waals surface area contributed by atoms with Crippen LogP contribution >= 0.6 is 7.82 Å². The van der Waals surface area contributed by atoms with E-state index in [0.29, 0.717) is 62.3 Å². The number of aliphatic hydroxyl groups is 1. The van der Waals surface area contributed by atoms with E-state index >= 15 is 0 Å². The zero-order chi connectivity index (χ0) is 55.7. The van der Waals surface area contributed by atoms with Crippen molar-refractivity contribution in [3.63, 3.8) is 0 Å². The molecule has 7 aliphatic rings. The summed E-state index contributed by atoms with van der Waals surface area (Å²) in [6.07, 6.45) is 7.21. The van der Waals surface area contributed by atoms with Crippen molar-refractivity contribution in [3.8, 4) is 11.5 Å². The number of unbranched alkanes of at least 4 members (excludes halogenated alkanes) is 5. The summed E-state index contributed by atoms with van der Waals surface area (Å²) >= 11 is 0. The topological polar surface area (TPSA) is 332 Å². The zero-order valence-electron chi connectivity index (χ0n) is 44.1. The molecule has 0 radical (unpaired) electrons. The van der Waals surface area contributed by atoms with Gasteiger partial charge in [-0.2, -0.15) is 13.4 Å². The monoisotopic (exact) mass is 1160 g/mol. The minimum Gasteiger partial charge on any atom is -0.455 e. The Balaban J connectivity index is 0.643. The number of aromatic nitrogens is 4. The van der Waals surface area contributed by atoms with Gasteiger partial charge in [-0.1, -0.05) is 25.3 Å². The molecule has 9 heterocycles. The SMILES string of the molecule is Nc1nc2c(nc(NCCCCCCNC(=O)CCCCCNS(=O)(=O)c3ccc(C4=c5cc6c7c(c5Oc5c4cc4c8c5CCCN8CCC4)CCC[N+]=7CCC6)c(S(=O)(=O)O)c3)n2[C@@H]2O[C@@H]3COP(=O)(O)O[C@H]3[C@H]2O)c(=O)[nH]1. The largest absolute Gasteiger partial charge is 0.472 e. The summed E-state index contributed by atoms with van der Waals surface area (Å²) in [5.74, 6) is 1.26. The first-order chi connectivity index (χ1) is 38.4. The van der Waals surface area contributed by atoms with Gasteiger partial charge in [0.2, 0.25) is 33.2 Å². The second-order valence-electron chi connectivity index (χ2n) is 21.7. The number of phosphoric acid groups is 1. The zero-order valence-corrected chi connectivity index (χ0v) is 46.6. The van der Waals surface area contributed by atoms with Crippen molar-refractivity contribution in [3.05, 3.63) is 84.6 Å². The lowest BCUT2D eigenvalue weighted by Gasteiger charge is -2.39. The van der Waals surface area contributed by atoms with Crippen LogP contribution in [0.1, 0.15) is 117 Å². The van der Waals surface area contributed by atoms with E-state index in [2.05, 4.69) is 51.9 Å². The number of anilines is 3. The number of sulfonamides is 1. The quantitative estimate of drug-likeness (QED) is 0.0250. The molecule has 428 valence electrons. The van der Waals surface area contributed by atoms with Crippen molar-refractivity contribution < 1.29 is 59.3 Å². The third-order valence-corrected chi connectivity index (χ3v) is 19.7. The first kappa shape index (κ1) is 54.8. The van der Waals surface area contributed by atoms with Crippen LogP contribution in [0.5, 0.6) is 11.5 Å². The molecule has 27 heteroatoms. The third-order valence-electron chi connectivity index (χ3n) is 16.4. The number of nitrogens with two attached hydrogens (primary N) is 1. The number of aliphatic hydroxyl groups excluding tert-OH is 1. The van der Waals surface area contributed by atoms with Crippen molar-refractivity contribution >= 4 is 68.2 Å². The lowest BCUT2D eigenvalue weighted by atomic mass is 9.82. The van der Waals surface area contributed by atoms with Gasteiger partial charge in [0.15, 0.2) is 17.4 Å². The normalized spacial score (nSPS) is 23.0. The number of H-pyrrole nitrogens is 1. The fourth-order valence-corrected chi connectivity index (χ4v) is 15.7. The van der Waals surface area contributed by atoms with Crippen LogP contribution in [0.3, 0.4) is 0 Å². The van der Waals surface area contributed by atoms with Crippen LogP contribution in [0.4, 0.5) is 17.6 Å². The Bertz CT molecular complexity index is 3810. The molecule has 9 N–H and O–H groups in total. The molecule has 2 aromatic heterocycles. The van der Waals surface area contributed by atoms with E-state index in [-0.39, 0.29) is 59.0 Å². The lowest BCUT2D eigenvalue weighted by Crippen LogP contribution is -2.45. The molecule has 80 heavy (non-hydrogen) atoms. The minimum absolute atomic E-state index is 0.0285. The van der Waals surface area contributed by atoms with E-state index < -0.39 is 63.0 Å². The van der Waals surface area contributed by atoms with Gasteiger partial charge >= 0.3 is 7.82 Å². The molecule has 2 fully saturated rings. The van der Waals surface area contributed by atoms with Crippen LogP contribution in [-0.2, 0) is 69.0 Å². The molecular formula is C53H66N10O14PS2+. The predicted octanol–water partition coefficient (Wildman–Crippen LogP) is 2.79. The van der Waals surface area contributed by atoms with Crippen LogP contribution in [0.15, 0.2) is 44.9 Å². The molecule has 5 atom stereocenters. The number of amides is 1. The lowest BCUT2D eigenvalue weighted by molar-refractivity contribution is -0.121. The Labute approximate surface area is 461 Å². The van der Waals surface area contributed by atoms with E-state index in [0.717, 1.165) is 118 Å². The van der Waals surface area contributed by atoms with Crippen molar-refractivity contribution in [1.29, 1.82) is 0 Å². The van der Waals surface area contributed by atoms with E-state index in [1.54, 1.807) is 0 Å². The number of nitrogens with zero attached hydrogens (tertiary/aromatic N) is 5. The Morgan fingerprint density at radius 2 is 1.61 bits per heavy atom. The number of aromatic amines is 1. The van der Waals surface area contributed by atoms with E-state index in [9.17, 15) is 45.5 Å². The highest BCUT2D eigenvalue weighted by molar-refractivity contribution is 7.89. The summed E-state index contributed by atoms with van der Waals surface area (Å²) in [6.45, 7) is 4.46. The van der Waals surface area contributed by atoms with E-state index in [4.69, 9.17) is 24.3 Å². The van der Waals surface area contributed by atoms with Gasteiger partial charge in [-0.05, 0) is 94.0 Å². The third kappa shape index (κ3) is 10.4. The molecule has 0 spiro atoms. The van der Waals surface area contributed by atoms with Crippen LogP contribution < -0.4 is 51.4 Å². The Morgan fingerprint density at radius 1 is 0.875 bits per heavy atom. The maximum absolute atomic E-state index is 13.8. The smallest absolute Gasteiger partial charge is 0.455 e. The number of benzene rings is 3. The summed E-state index contributed by atoms with van der Waals surface area (Å²) in [6, 6.07) is 8.22. The van der Waals surface area contributed by atoms with Crippen LogP contribution in [-0.4, -0.2) is 128 Å². The van der Waals surface area contributed by atoms with Crippen LogP contribution in [0.25, 0.3) is 16.7 Å². The van der Waals surface area contributed by atoms with Gasteiger partial charge in [0.1, 0.15) is 47.8 Å². The number of fused-ring (bicyclic) bond motifs is 6. The summed E-state index contributed by atoms with van der Waals surface area (Å²) < 4.78 is 107. The Kier molecular flexibility index (Phi) is 14.9. The molecule has 3 aromatic carbocycles. The number of phosphoric ester groups is 1. The van der Waals surface area contributed by atoms with Crippen LogP contribution in [0.2, 0.25) is 0 Å². The summed E-state index contributed by atoms with van der Waals surface area (Å²) in [5.41, 5.74) is 12.5. The predicted molar refractivity (Wildman–Crippen MR) is 293 cm³/mol. The molecule has 12 rings (SSSR count). The fourth-order valence-electron chi connectivity index (χ4n) is 12.8. The number of hydrogen-bond donors (Lipinski definition) is 8. The van der Waals surface area contributed by atoms with Gasteiger partial charge in [-0.3, -0.25) is 32.7 Å². The maximum atomic E-state index is 13.8. The highest BCUT2D eigenvalue weighted by Gasteiger charge is 2.53. The molecular weight excluding hydrogens is 1100 g/mol. The number of carbonyl (C=O) groups excluding carboxylic acids is 1. The Hall–Kier alpha value is -5.80. The number of imidazole rings is 1. The number of carbonyl (C=O) groups is 1. The highest BCUT2D eigenvalue weighted by Crippen LogP contribution is 2.53. The summed E-state index contributed by atoms with van der Waals surface area (Å²) in [4.78, 5) is 47.9. The minimum atomic E-state index is -4.97. The number of aryl methyl sites for hydroxylation is 2. The van der Waals surface area contributed by atoms with Crippen molar-refractivity contribution in [2.75, 3.05) is 68.4 Å². The van der Waals surface area contributed by atoms with Crippen LogP contribution in [0, 0.1) is 0 Å². The number of rotatable bonds is 19. The van der Waals surface area contributed by atoms with Gasteiger partial charge in [-0.25, -0.2) is 27.3 Å². The molecule has 0 aliphatic carbocycles.